The van der Waals surface area contributed by atoms with Gasteiger partial charge in [0.25, 0.3) is 11.8 Å². The molecule has 1 heterocycles. The van der Waals surface area contributed by atoms with Gasteiger partial charge < -0.3 is 11.1 Å². The number of hydrogen-bond donors (Lipinski definition) is 2. The minimum absolute atomic E-state index is 0.0625. The Labute approximate surface area is 166 Å². The second-order valence-corrected chi connectivity index (χ2v) is 8.14. The number of carbonyl (C=O) groups excluding carboxylic acids is 2. The summed E-state index contributed by atoms with van der Waals surface area (Å²) in [7, 11) is 0. The number of rotatable bonds is 4. The monoisotopic (exact) mass is 399 g/mol. The van der Waals surface area contributed by atoms with Crippen molar-refractivity contribution in [3.63, 3.8) is 0 Å². The van der Waals surface area contributed by atoms with E-state index in [4.69, 9.17) is 17.3 Å². The van der Waals surface area contributed by atoms with Gasteiger partial charge in [0.15, 0.2) is 0 Å². The van der Waals surface area contributed by atoms with E-state index in [9.17, 15) is 14.9 Å². The van der Waals surface area contributed by atoms with Gasteiger partial charge in [0.2, 0.25) is 0 Å². The molecule has 1 aromatic carbocycles. The van der Waals surface area contributed by atoms with Crippen molar-refractivity contribution in [1.82, 2.24) is 0 Å². The summed E-state index contributed by atoms with van der Waals surface area (Å²) < 4.78 is 0. The van der Waals surface area contributed by atoms with E-state index in [1.807, 2.05) is 6.07 Å². The SMILES string of the molecule is CC1CCc2c(sc(NC(=O)/C(C#N)=C/c3ccc(Cl)cc3)c2C(N)=O)C1. The van der Waals surface area contributed by atoms with Gasteiger partial charge in [0.05, 0.1) is 5.56 Å². The molecule has 0 fully saturated rings. The van der Waals surface area contributed by atoms with Crippen LogP contribution in [0.2, 0.25) is 5.02 Å². The Morgan fingerprint density at radius 1 is 1.37 bits per heavy atom. The minimum Gasteiger partial charge on any atom is -0.365 e. The van der Waals surface area contributed by atoms with E-state index in [1.165, 1.54) is 17.4 Å². The van der Waals surface area contributed by atoms with Crippen LogP contribution in [0.1, 0.15) is 39.7 Å². The first-order chi connectivity index (χ1) is 12.9. The van der Waals surface area contributed by atoms with E-state index in [2.05, 4.69) is 12.2 Å². The van der Waals surface area contributed by atoms with Crippen LogP contribution in [-0.4, -0.2) is 11.8 Å². The summed E-state index contributed by atoms with van der Waals surface area (Å²) in [6.07, 6.45) is 4.09. The highest BCUT2D eigenvalue weighted by atomic mass is 35.5. The highest BCUT2D eigenvalue weighted by molar-refractivity contribution is 7.17. The Balaban J connectivity index is 1.90. The predicted octanol–water partition coefficient (Wildman–Crippen LogP) is 4.17. The summed E-state index contributed by atoms with van der Waals surface area (Å²) in [5.74, 6) is -0.598. The van der Waals surface area contributed by atoms with E-state index in [1.54, 1.807) is 24.3 Å². The fraction of sp³-hybridized carbons (Fsp3) is 0.250. The molecule has 0 saturated heterocycles. The third kappa shape index (κ3) is 4.21. The van der Waals surface area contributed by atoms with E-state index in [0.29, 0.717) is 27.1 Å². The van der Waals surface area contributed by atoms with Crippen molar-refractivity contribution in [3.05, 3.63) is 56.4 Å². The first-order valence-electron chi connectivity index (χ1n) is 8.52. The molecule has 1 aromatic heterocycles. The van der Waals surface area contributed by atoms with Gasteiger partial charge in [-0.05, 0) is 54.5 Å². The molecule has 1 unspecified atom stereocenters. The quantitative estimate of drug-likeness (QED) is 0.596. The second-order valence-electron chi connectivity index (χ2n) is 6.60. The van der Waals surface area contributed by atoms with Crippen LogP contribution in [0, 0.1) is 17.2 Å². The number of nitrogens with one attached hydrogen (secondary N) is 1. The Hall–Kier alpha value is -2.62. The lowest BCUT2D eigenvalue weighted by atomic mass is 9.88. The maximum atomic E-state index is 12.6. The van der Waals surface area contributed by atoms with Gasteiger partial charge in [-0.3, -0.25) is 9.59 Å². The summed E-state index contributed by atoms with van der Waals surface area (Å²) in [4.78, 5) is 25.6. The first-order valence-corrected chi connectivity index (χ1v) is 9.71. The van der Waals surface area contributed by atoms with Gasteiger partial charge in [-0.25, -0.2) is 0 Å². The zero-order valence-electron chi connectivity index (χ0n) is 14.7. The average molecular weight is 400 g/mol. The fourth-order valence-electron chi connectivity index (χ4n) is 3.14. The number of carbonyl (C=O) groups is 2. The molecule has 0 spiro atoms. The van der Waals surface area contributed by atoms with E-state index in [-0.39, 0.29) is 5.57 Å². The van der Waals surface area contributed by atoms with Crippen molar-refractivity contribution < 1.29 is 9.59 Å². The lowest BCUT2D eigenvalue weighted by Gasteiger charge is -2.18. The lowest BCUT2D eigenvalue weighted by molar-refractivity contribution is -0.112. The third-order valence-electron chi connectivity index (χ3n) is 4.53. The lowest BCUT2D eigenvalue weighted by Crippen LogP contribution is -2.19. The molecule has 2 amide bonds. The third-order valence-corrected chi connectivity index (χ3v) is 5.95. The van der Waals surface area contributed by atoms with Gasteiger partial charge in [0.1, 0.15) is 16.6 Å². The molecule has 0 bridgehead atoms. The van der Waals surface area contributed by atoms with Crippen LogP contribution >= 0.6 is 22.9 Å². The molecule has 1 aliphatic rings. The van der Waals surface area contributed by atoms with Crippen molar-refractivity contribution in [2.75, 3.05) is 5.32 Å². The van der Waals surface area contributed by atoms with Crippen molar-refractivity contribution >= 4 is 45.8 Å². The summed E-state index contributed by atoms with van der Waals surface area (Å²) in [5, 5.41) is 13.1. The van der Waals surface area contributed by atoms with Crippen molar-refractivity contribution in [2.45, 2.75) is 26.2 Å². The maximum Gasteiger partial charge on any atom is 0.266 e. The summed E-state index contributed by atoms with van der Waals surface area (Å²) >= 11 is 7.22. The molecule has 7 heteroatoms. The normalized spacial score (nSPS) is 16.3. The topological polar surface area (TPSA) is 96.0 Å². The van der Waals surface area contributed by atoms with Crippen molar-refractivity contribution in [3.8, 4) is 6.07 Å². The van der Waals surface area contributed by atoms with E-state index >= 15 is 0 Å². The standard InChI is InChI=1S/C20H18ClN3O2S/c1-11-2-7-15-16(8-11)27-20(17(15)18(23)25)24-19(26)13(10-22)9-12-3-5-14(21)6-4-12/h3-6,9,11H,2,7-8H2,1H3,(H2,23,25)(H,24,26)/b13-9+. The molecule has 27 heavy (non-hydrogen) atoms. The molecule has 138 valence electrons. The van der Waals surface area contributed by atoms with Gasteiger partial charge in [-0.1, -0.05) is 30.7 Å². The van der Waals surface area contributed by atoms with Gasteiger partial charge in [-0.15, -0.1) is 11.3 Å². The molecule has 0 aliphatic heterocycles. The van der Waals surface area contributed by atoms with E-state index in [0.717, 1.165) is 29.7 Å². The number of nitrogens with two attached hydrogens (primary N) is 1. The number of nitriles is 1. The zero-order chi connectivity index (χ0) is 19.6. The largest absolute Gasteiger partial charge is 0.365 e. The number of fused-ring (bicyclic) bond motifs is 1. The highest BCUT2D eigenvalue weighted by Gasteiger charge is 2.27. The molecule has 2 aromatic rings. The van der Waals surface area contributed by atoms with Crippen molar-refractivity contribution in [1.29, 1.82) is 5.26 Å². The van der Waals surface area contributed by atoms with Crippen LogP contribution in [0.15, 0.2) is 29.8 Å². The number of primary amides is 1. The number of nitrogens with zero attached hydrogens (tertiary/aromatic N) is 1. The summed E-state index contributed by atoms with van der Waals surface area (Å²) in [5.41, 5.74) is 7.49. The van der Waals surface area contributed by atoms with Crippen molar-refractivity contribution in [2.24, 2.45) is 11.7 Å². The molecule has 0 radical (unpaired) electrons. The Kier molecular flexibility index (Phi) is 5.64. The van der Waals surface area contributed by atoms with E-state index < -0.39 is 11.8 Å². The fourth-order valence-corrected chi connectivity index (χ4v) is 4.68. The Bertz CT molecular complexity index is 970. The highest BCUT2D eigenvalue weighted by Crippen LogP contribution is 2.39. The average Bonchev–Trinajstić information content (AvgIpc) is 2.98. The molecule has 1 atom stereocenters. The molecule has 1 aliphatic carbocycles. The molecule has 3 N–H and O–H groups in total. The number of halogens is 1. The predicted molar refractivity (Wildman–Crippen MR) is 108 cm³/mol. The van der Waals surface area contributed by atoms with Crippen LogP contribution in [-0.2, 0) is 17.6 Å². The van der Waals surface area contributed by atoms with Crippen LogP contribution in [0.4, 0.5) is 5.00 Å². The zero-order valence-corrected chi connectivity index (χ0v) is 16.3. The summed E-state index contributed by atoms with van der Waals surface area (Å²) in [6.45, 7) is 2.16. The number of amides is 2. The van der Waals surface area contributed by atoms with Crippen LogP contribution in [0.3, 0.4) is 0 Å². The molecule has 5 nitrogen and oxygen atoms in total. The number of thiophene rings is 1. The van der Waals surface area contributed by atoms with Gasteiger partial charge in [0, 0.05) is 9.90 Å². The summed E-state index contributed by atoms with van der Waals surface area (Å²) in [6, 6.07) is 8.70. The molecular weight excluding hydrogens is 382 g/mol. The second kappa shape index (κ2) is 7.95. The van der Waals surface area contributed by atoms with Crippen LogP contribution in [0.25, 0.3) is 6.08 Å². The molecule has 3 rings (SSSR count). The van der Waals surface area contributed by atoms with Gasteiger partial charge in [-0.2, -0.15) is 5.26 Å². The number of anilines is 1. The number of hydrogen-bond acceptors (Lipinski definition) is 4. The molecular formula is C20H18ClN3O2S. The maximum absolute atomic E-state index is 12.6. The molecule has 0 saturated carbocycles. The van der Waals surface area contributed by atoms with Crippen LogP contribution in [0.5, 0.6) is 0 Å². The van der Waals surface area contributed by atoms with Gasteiger partial charge >= 0.3 is 0 Å². The first kappa shape index (κ1) is 19.2. The number of benzene rings is 1. The van der Waals surface area contributed by atoms with Crippen LogP contribution < -0.4 is 11.1 Å². The minimum atomic E-state index is -0.568. The Morgan fingerprint density at radius 3 is 2.70 bits per heavy atom. The Morgan fingerprint density at radius 2 is 2.07 bits per heavy atom. The smallest absolute Gasteiger partial charge is 0.266 e.